The zero-order valence-corrected chi connectivity index (χ0v) is 70.1. The van der Waals surface area contributed by atoms with E-state index in [0.717, 1.165) is 183 Å². The number of nitriles is 8. The average molecular weight is 1710 g/mol. The van der Waals surface area contributed by atoms with Crippen LogP contribution in [0.3, 0.4) is 0 Å². The second kappa shape index (κ2) is 29.2. The number of para-hydroxylation sites is 2. The Morgan fingerprint density at radius 2 is 0.402 bits per heavy atom. The molecule has 0 unspecified atom stereocenters. The van der Waals surface area contributed by atoms with Gasteiger partial charge in [-0.1, -0.05) is 218 Å². The molecule has 0 aliphatic heterocycles. The average Bonchev–Trinajstić information content (AvgIpc) is 1.26. The highest BCUT2D eigenvalue weighted by molar-refractivity contribution is 7.26. The van der Waals surface area contributed by atoms with Crippen molar-refractivity contribution in [2.24, 2.45) is 0 Å². The van der Waals surface area contributed by atoms with E-state index in [-0.39, 0.29) is 45.6 Å². The molecule has 600 valence electrons. The van der Waals surface area contributed by atoms with E-state index in [9.17, 15) is 42.1 Å². The first-order valence-electron chi connectivity index (χ1n) is 41.9. The van der Waals surface area contributed by atoms with Crippen LogP contribution in [0.1, 0.15) is 45.6 Å². The summed E-state index contributed by atoms with van der Waals surface area (Å²) in [6, 6.07) is 115. The summed E-state index contributed by atoms with van der Waals surface area (Å²) in [6.45, 7) is 0. The van der Waals surface area contributed by atoms with Gasteiger partial charge in [0, 0.05) is 105 Å². The van der Waals surface area contributed by atoms with E-state index in [0.29, 0.717) is 44.1 Å². The summed E-state index contributed by atoms with van der Waals surface area (Å²) in [6.07, 6.45) is 0. The monoisotopic (exact) mass is 1710 g/mol. The lowest BCUT2D eigenvalue weighted by Crippen LogP contribution is -1.98. The predicted octanol–water partition coefficient (Wildman–Crippen LogP) is 27.9. The molecule has 20 aromatic carbocycles. The van der Waals surface area contributed by atoms with Gasteiger partial charge in [0.15, 0.2) is 45.6 Å². The van der Waals surface area contributed by atoms with E-state index in [1.165, 1.54) is 30.3 Å². The SMILES string of the molecule is N#Cc1nc2c3cc4c(cc3c3ccc5ccccc5c3c2nc1C#N)oc1ccccc14.N#Cc1nc2c3cc4c(cc3c3ccc5ccccc5c3c2nc1C#N)sc1ccccc14.N#Cc1nc2c3cc4oc5ccccc5c4cc3c3ccc4ccccc4c3c2nc1C#N.N#Cc1nc2c3cc4sc5ccccc5c4cc3c3ccc4ccccc4c3c2nc1C#N. The van der Waals surface area contributed by atoms with Gasteiger partial charge in [-0.15, -0.1) is 22.7 Å². The molecule has 0 saturated carbocycles. The summed E-state index contributed by atoms with van der Waals surface area (Å²) in [5.74, 6) is 0. The number of aromatic nitrogens is 8. The Balaban J connectivity index is 0.0000000945. The molecule has 28 aromatic rings. The number of rotatable bonds is 0. The fraction of sp³-hybridized carbons (Fsp3) is 0. The highest BCUT2D eigenvalue weighted by Crippen LogP contribution is 2.49. The van der Waals surface area contributed by atoms with Gasteiger partial charge in [-0.25, -0.2) is 39.9 Å². The van der Waals surface area contributed by atoms with Crippen molar-refractivity contribution in [3.05, 3.63) is 337 Å². The van der Waals surface area contributed by atoms with Gasteiger partial charge < -0.3 is 8.83 Å². The van der Waals surface area contributed by atoms with Crippen LogP contribution >= 0.6 is 22.7 Å². The topological polar surface area (TPSA) is 320 Å². The fourth-order valence-electron chi connectivity index (χ4n) is 19.6. The van der Waals surface area contributed by atoms with Gasteiger partial charge in [0.1, 0.15) is 70.9 Å². The van der Waals surface area contributed by atoms with Crippen molar-refractivity contribution < 1.29 is 8.83 Å². The first-order valence-corrected chi connectivity index (χ1v) is 43.5. The zero-order chi connectivity index (χ0) is 88.4. The summed E-state index contributed by atoms with van der Waals surface area (Å²) < 4.78 is 17.1. The molecule has 0 bridgehead atoms. The molecule has 0 fully saturated rings. The Morgan fingerprint density at radius 3 is 0.742 bits per heavy atom. The Morgan fingerprint density at radius 1 is 0.167 bits per heavy atom. The van der Waals surface area contributed by atoms with Crippen LogP contribution in [-0.2, 0) is 0 Å². The molecule has 0 spiro atoms. The summed E-state index contributed by atoms with van der Waals surface area (Å²) >= 11 is 3.52. The van der Waals surface area contributed by atoms with Crippen LogP contribution in [0.5, 0.6) is 0 Å². The largest absolute Gasteiger partial charge is 0.456 e. The second-order valence-corrected chi connectivity index (χ2v) is 34.3. The summed E-state index contributed by atoms with van der Waals surface area (Å²) in [5.41, 5.74) is 8.57. The molecule has 0 atom stereocenters. The predicted molar refractivity (Wildman–Crippen MR) is 526 cm³/mol. The van der Waals surface area contributed by atoms with E-state index in [4.69, 9.17) is 8.83 Å². The third-order valence-electron chi connectivity index (χ3n) is 25.3. The van der Waals surface area contributed by atoms with Gasteiger partial charge in [-0.05, 0) is 159 Å². The Kier molecular flexibility index (Phi) is 16.7. The number of hydrogen-bond donors (Lipinski definition) is 0. The van der Waals surface area contributed by atoms with Gasteiger partial charge in [0.25, 0.3) is 0 Å². The van der Waals surface area contributed by atoms with Crippen LogP contribution in [0.15, 0.2) is 300 Å². The van der Waals surface area contributed by atoms with Crippen molar-refractivity contribution in [3.8, 4) is 48.6 Å². The van der Waals surface area contributed by atoms with E-state index >= 15 is 0 Å². The molecular formula is C112H48N16O2S2. The first kappa shape index (κ1) is 75.4. The Bertz CT molecular complexity index is 10000. The molecule has 0 amide bonds. The molecule has 0 aliphatic rings. The van der Waals surface area contributed by atoms with Crippen molar-refractivity contribution in [2.75, 3.05) is 0 Å². The van der Waals surface area contributed by atoms with Crippen molar-refractivity contribution in [3.63, 3.8) is 0 Å². The number of hydrogen-bond acceptors (Lipinski definition) is 20. The van der Waals surface area contributed by atoms with Crippen LogP contribution in [0.4, 0.5) is 0 Å². The van der Waals surface area contributed by atoms with E-state index in [2.05, 4.69) is 252 Å². The molecular weight excluding hydrogens is 1670 g/mol. The number of fused-ring (bicyclic) bond motifs is 44. The van der Waals surface area contributed by atoms with E-state index < -0.39 is 0 Å². The molecule has 8 heterocycles. The van der Waals surface area contributed by atoms with Gasteiger partial charge in [-0.2, -0.15) is 42.1 Å². The molecule has 20 heteroatoms. The van der Waals surface area contributed by atoms with Crippen molar-refractivity contribution in [1.82, 2.24) is 39.9 Å². The van der Waals surface area contributed by atoms with E-state index in [1.807, 2.05) is 127 Å². The molecule has 28 rings (SSSR count). The lowest BCUT2D eigenvalue weighted by atomic mass is 9.94. The fourth-order valence-corrected chi connectivity index (χ4v) is 21.8. The number of benzene rings is 20. The first-order chi connectivity index (χ1) is 65.1. The van der Waals surface area contributed by atoms with Crippen LogP contribution in [0.25, 0.3) is 258 Å². The highest BCUT2D eigenvalue weighted by Gasteiger charge is 2.26. The minimum Gasteiger partial charge on any atom is -0.456 e. The van der Waals surface area contributed by atoms with Crippen LogP contribution in [0, 0.1) is 90.6 Å². The standard InChI is InChI=1S/2C28H12N4O.2C28H12N4S/c29-13-22-23(14-30)32-28-26-16-6-2-1-5-15(16)9-10-18(26)19-12-25-20(11-21(19)27(28)31-22)17-7-3-4-8-24(17)33-25;29-13-22-23(14-30)32-28-26-16-6-2-1-5-15(16)9-10-18(26)19-11-20-17-7-3-4-8-24(17)33-25(20)12-21(19)27(28)31-22;29-13-22-23(14-30)32-28-26-16-6-2-1-5-15(16)9-10-18(26)19-12-25-20(11-21(19)27(28)31-22)17-7-3-4-8-24(17)33-25;29-13-22-23(14-30)32-28-26-16-6-2-1-5-15(16)9-10-18(26)19-11-20-17-7-3-4-8-24(17)33-25(20)12-21(19)27(28)31-22/h4*1-12H. The Labute approximate surface area is 751 Å². The van der Waals surface area contributed by atoms with Crippen LogP contribution in [-0.4, -0.2) is 39.9 Å². The van der Waals surface area contributed by atoms with Gasteiger partial charge >= 0.3 is 0 Å². The van der Waals surface area contributed by atoms with Gasteiger partial charge in [0.2, 0.25) is 0 Å². The maximum absolute atomic E-state index is 9.64. The minimum absolute atomic E-state index is 0.0237. The zero-order valence-electron chi connectivity index (χ0n) is 68.5. The normalized spacial score (nSPS) is 11.6. The molecule has 0 radical (unpaired) electrons. The third-order valence-corrected chi connectivity index (χ3v) is 27.6. The van der Waals surface area contributed by atoms with Gasteiger partial charge in [0.05, 0.1) is 44.1 Å². The van der Waals surface area contributed by atoms with Crippen molar-refractivity contribution in [2.45, 2.75) is 0 Å². The lowest BCUT2D eigenvalue weighted by molar-refractivity contribution is 0.669. The number of furan rings is 2. The quantitative estimate of drug-likeness (QED) is 0.127. The molecule has 132 heavy (non-hydrogen) atoms. The second-order valence-electron chi connectivity index (χ2n) is 32.2. The highest BCUT2D eigenvalue weighted by atomic mass is 32.1. The molecule has 0 N–H and O–H groups in total. The van der Waals surface area contributed by atoms with E-state index in [1.54, 1.807) is 22.7 Å². The molecule has 0 aliphatic carbocycles. The maximum Gasteiger partial charge on any atom is 0.177 e. The van der Waals surface area contributed by atoms with Crippen LogP contribution < -0.4 is 0 Å². The lowest BCUT2D eigenvalue weighted by Gasteiger charge is -2.12. The summed E-state index contributed by atoms with van der Waals surface area (Å²) in [7, 11) is 0. The van der Waals surface area contributed by atoms with Gasteiger partial charge in [-0.3, -0.25) is 0 Å². The number of thiophene rings is 2. The molecule has 8 aromatic heterocycles. The summed E-state index contributed by atoms with van der Waals surface area (Å²) in [5, 5.41) is 110. The van der Waals surface area contributed by atoms with Crippen molar-refractivity contribution in [1.29, 1.82) is 42.1 Å². The number of nitrogens with zero attached hydrogens (tertiary/aromatic N) is 16. The minimum atomic E-state index is 0.0237. The maximum atomic E-state index is 9.64. The molecule has 18 nitrogen and oxygen atoms in total. The smallest absolute Gasteiger partial charge is 0.177 e. The Hall–Kier alpha value is -19.2. The summed E-state index contributed by atoms with van der Waals surface area (Å²) in [4.78, 5) is 37.3. The van der Waals surface area contributed by atoms with Crippen molar-refractivity contribution >= 4 is 280 Å². The van der Waals surface area contributed by atoms with Crippen LogP contribution in [0.2, 0.25) is 0 Å². The molecule has 0 saturated heterocycles. The third kappa shape index (κ3) is 11.2.